The fraction of sp³-hybridized carbons (Fsp3) is 0.643. The summed E-state index contributed by atoms with van der Waals surface area (Å²) in [6.45, 7) is 4.46. The van der Waals surface area contributed by atoms with Crippen LogP contribution in [0.1, 0.15) is 34.5 Å². The minimum absolute atomic E-state index is 0.335. The van der Waals surface area contributed by atoms with Crippen LogP contribution in [0, 0.1) is 5.92 Å². The molecule has 4 nitrogen and oxygen atoms in total. The number of hydrogen-bond donors (Lipinski definition) is 2. The molecule has 0 aromatic carbocycles. The zero-order chi connectivity index (χ0) is 13.2. The van der Waals surface area contributed by atoms with E-state index < -0.39 is 0 Å². The molecule has 2 heterocycles. The molecular formula is C14H21N3OS. The van der Waals surface area contributed by atoms with E-state index in [-0.39, 0.29) is 5.91 Å². The lowest BCUT2D eigenvalue weighted by atomic mass is 10.1. The molecule has 2 aliphatic rings. The van der Waals surface area contributed by atoms with Gasteiger partial charge in [0.15, 0.2) is 0 Å². The molecule has 2 fully saturated rings. The van der Waals surface area contributed by atoms with Gasteiger partial charge in [0.25, 0.3) is 0 Å². The Morgan fingerprint density at radius 2 is 2.32 bits per heavy atom. The van der Waals surface area contributed by atoms with Crippen molar-refractivity contribution in [2.24, 2.45) is 11.7 Å². The van der Waals surface area contributed by atoms with E-state index in [1.165, 1.54) is 37.2 Å². The second-order valence-corrected chi connectivity index (χ2v) is 6.67. The third kappa shape index (κ3) is 3.35. The largest absolute Gasteiger partial charge is 0.366 e. The lowest BCUT2D eigenvalue weighted by molar-refractivity contribution is 0.100. The molecule has 0 spiro atoms. The average Bonchev–Trinajstić information content (AvgIpc) is 2.94. The molecule has 1 atom stereocenters. The highest BCUT2D eigenvalue weighted by atomic mass is 32.1. The van der Waals surface area contributed by atoms with E-state index in [1.807, 2.05) is 11.4 Å². The Balaban J connectivity index is 1.39. The number of carbonyl (C=O) groups excluding carboxylic acids is 1. The van der Waals surface area contributed by atoms with E-state index in [0.29, 0.717) is 5.56 Å². The Morgan fingerprint density at radius 3 is 3.00 bits per heavy atom. The van der Waals surface area contributed by atoms with E-state index >= 15 is 0 Å². The number of nitrogens with two attached hydrogens (primary N) is 1. The van der Waals surface area contributed by atoms with Crippen LogP contribution in [0.25, 0.3) is 0 Å². The van der Waals surface area contributed by atoms with E-state index in [4.69, 9.17) is 5.73 Å². The summed E-state index contributed by atoms with van der Waals surface area (Å²) >= 11 is 1.60. The highest BCUT2D eigenvalue weighted by Gasteiger charge is 2.33. The first-order valence-corrected chi connectivity index (χ1v) is 7.92. The van der Waals surface area contributed by atoms with Crippen LogP contribution in [0.2, 0.25) is 0 Å². The predicted octanol–water partition coefficient (Wildman–Crippen LogP) is 1.42. The molecule has 104 valence electrons. The number of nitrogens with one attached hydrogen (secondary N) is 1. The van der Waals surface area contributed by atoms with Crippen molar-refractivity contribution in [2.45, 2.75) is 31.8 Å². The van der Waals surface area contributed by atoms with Gasteiger partial charge in [0.05, 0.1) is 5.56 Å². The molecule has 1 aromatic rings. The first-order valence-electron chi connectivity index (χ1n) is 7.04. The van der Waals surface area contributed by atoms with Crippen molar-refractivity contribution in [3.05, 3.63) is 21.9 Å². The molecular weight excluding hydrogens is 258 g/mol. The predicted molar refractivity (Wildman–Crippen MR) is 77.2 cm³/mol. The molecule has 1 amide bonds. The van der Waals surface area contributed by atoms with Gasteiger partial charge >= 0.3 is 0 Å². The summed E-state index contributed by atoms with van der Waals surface area (Å²) in [5, 5.41) is 5.34. The van der Waals surface area contributed by atoms with Crippen molar-refractivity contribution in [1.82, 2.24) is 10.2 Å². The SMILES string of the molecule is NC(=O)c1csc(CNCC2CCN(C3CC3)C2)c1. The fourth-order valence-electron chi connectivity index (χ4n) is 2.80. The van der Waals surface area contributed by atoms with Gasteiger partial charge in [-0.25, -0.2) is 0 Å². The van der Waals surface area contributed by atoms with Gasteiger partial charge in [0.1, 0.15) is 0 Å². The highest BCUT2D eigenvalue weighted by Crippen LogP contribution is 2.31. The molecule has 1 saturated carbocycles. The second-order valence-electron chi connectivity index (χ2n) is 5.68. The van der Waals surface area contributed by atoms with E-state index in [1.54, 1.807) is 11.3 Å². The normalized spacial score (nSPS) is 23.9. The van der Waals surface area contributed by atoms with Crippen LogP contribution < -0.4 is 11.1 Å². The first kappa shape index (κ1) is 13.1. The quantitative estimate of drug-likeness (QED) is 0.828. The Kier molecular flexibility index (Phi) is 3.86. The molecule has 0 bridgehead atoms. The van der Waals surface area contributed by atoms with Crippen molar-refractivity contribution < 1.29 is 4.79 Å². The molecule has 5 heteroatoms. The van der Waals surface area contributed by atoms with Gasteiger partial charge < -0.3 is 16.0 Å². The summed E-state index contributed by atoms with van der Waals surface area (Å²) in [4.78, 5) is 14.8. The summed E-state index contributed by atoms with van der Waals surface area (Å²) in [7, 11) is 0. The maximum absolute atomic E-state index is 11.0. The molecule has 3 rings (SSSR count). The topological polar surface area (TPSA) is 58.4 Å². The number of nitrogens with zero attached hydrogens (tertiary/aromatic N) is 1. The summed E-state index contributed by atoms with van der Waals surface area (Å²) in [6.07, 6.45) is 4.14. The van der Waals surface area contributed by atoms with Crippen molar-refractivity contribution in [1.29, 1.82) is 0 Å². The third-order valence-corrected chi connectivity index (χ3v) is 4.99. The van der Waals surface area contributed by atoms with E-state index in [9.17, 15) is 4.79 Å². The van der Waals surface area contributed by atoms with E-state index in [0.717, 1.165) is 25.0 Å². The average molecular weight is 279 g/mol. The molecule has 1 aromatic heterocycles. The summed E-state index contributed by atoms with van der Waals surface area (Å²) in [5.74, 6) is 0.453. The molecule has 1 saturated heterocycles. The number of amides is 1. The van der Waals surface area contributed by atoms with Crippen molar-refractivity contribution >= 4 is 17.2 Å². The van der Waals surface area contributed by atoms with Gasteiger partial charge in [-0.3, -0.25) is 4.79 Å². The minimum atomic E-state index is -0.335. The molecule has 1 aliphatic carbocycles. The van der Waals surface area contributed by atoms with Crippen molar-refractivity contribution in [3.8, 4) is 0 Å². The maximum atomic E-state index is 11.0. The van der Waals surface area contributed by atoms with Crippen LogP contribution in [-0.4, -0.2) is 36.5 Å². The van der Waals surface area contributed by atoms with E-state index in [2.05, 4.69) is 10.2 Å². The van der Waals surface area contributed by atoms with Crippen LogP contribution in [-0.2, 0) is 6.54 Å². The monoisotopic (exact) mass is 279 g/mol. The summed E-state index contributed by atoms with van der Waals surface area (Å²) < 4.78 is 0. The van der Waals surface area contributed by atoms with Crippen LogP contribution in [0.15, 0.2) is 11.4 Å². The molecule has 19 heavy (non-hydrogen) atoms. The smallest absolute Gasteiger partial charge is 0.249 e. The minimum Gasteiger partial charge on any atom is -0.366 e. The zero-order valence-corrected chi connectivity index (χ0v) is 11.9. The molecule has 1 aliphatic heterocycles. The number of carbonyl (C=O) groups is 1. The van der Waals surface area contributed by atoms with Gasteiger partial charge in [-0.2, -0.15) is 0 Å². The molecule has 0 radical (unpaired) electrons. The Labute approximate surface area is 118 Å². The number of primary amides is 1. The standard InChI is InChI=1S/C14H21N3OS/c15-14(18)11-5-13(19-9-11)7-16-6-10-3-4-17(8-10)12-1-2-12/h5,9-10,12,16H,1-4,6-8H2,(H2,15,18). The van der Waals surface area contributed by atoms with Gasteiger partial charge in [0, 0.05) is 29.4 Å². The summed E-state index contributed by atoms with van der Waals surface area (Å²) in [6, 6.07) is 2.80. The number of likely N-dealkylation sites (tertiary alicyclic amines) is 1. The third-order valence-electron chi connectivity index (χ3n) is 4.05. The van der Waals surface area contributed by atoms with Crippen LogP contribution in [0.3, 0.4) is 0 Å². The number of thiophene rings is 1. The van der Waals surface area contributed by atoms with Crippen molar-refractivity contribution in [3.63, 3.8) is 0 Å². The Bertz CT molecular complexity index is 455. The lowest BCUT2D eigenvalue weighted by Crippen LogP contribution is -2.27. The van der Waals surface area contributed by atoms with Gasteiger partial charge in [-0.05, 0) is 44.3 Å². The highest BCUT2D eigenvalue weighted by molar-refractivity contribution is 7.10. The van der Waals surface area contributed by atoms with Gasteiger partial charge in [0.2, 0.25) is 5.91 Å². The first-order chi connectivity index (χ1) is 9.22. The fourth-order valence-corrected chi connectivity index (χ4v) is 3.65. The Hall–Kier alpha value is -0.910. The number of rotatable bonds is 6. The Morgan fingerprint density at radius 1 is 1.47 bits per heavy atom. The second kappa shape index (κ2) is 5.61. The zero-order valence-electron chi connectivity index (χ0n) is 11.1. The molecule has 1 unspecified atom stereocenters. The van der Waals surface area contributed by atoms with Crippen LogP contribution in [0.4, 0.5) is 0 Å². The van der Waals surface area contributed by atoms with Gasteiger partial charge in [-0.15, -0.1) is 11.3 Å². The lowest BCUT2D eigenvalue weighted by Gasteiger charge is -2.14. The number of hydrogen-bond acceptors (Lipinski definition) is 4. The maximum Gasteiger partial charge on any atom is 0.249 e. The summed E-state index contributed by atoms with van der Waals surface area (Å²) in [5.41, 5.74) is 5.87. The van der Waals surface area contributed by atoms with Crippen LogP contribution >= 0.6 is 11.3 Å². The van der Waals surface area contributed by atoms with Gasteiger partial charge in [-0.1, -0.05) is 0 Å². The van der Waals surface area contributed by atoms with Crippen molar-refractivity contribution in [2.75, 3.05) is 19.6 Å². The molecule has 3 N–H and O–H groups in total. The van der Waals surface area contributed by atoms with Crippen LogP contribution in [0.5, 0.6) is 0 Å².